The van der Waals surface area contributed by atoms with Crippen LogP contribution in [0.3, 0.4) is 0 Å². The first-order valence-electron chi connectivity index (χ1n) is 9.44. The van der Waals surface area contributed by atoms with Crippen molar-refractivity contribution in [2.24, 2.45) is 0 Å². The van der Waals surface area contributed by atoms with Gasteiger partial charge in [-0.15, -0.1) is 0 Å². The van der Waals surface area contributed by atoms with E-state index < -0.39 is 17.5 Å². The molecule has 3 aromatic rings. The van der Waals surface area contributed by atoms with Crippen LogP contribution >= 0.6 is 0 Å². The molecule has 0 heterocycles. The average molecular weight is 368 g/mol. The first-order valence-corrected chi connectivity index (χ1v) is 9.44. The summed E-state index contributed by atoms with van der Waals surface area (Å²) in [6.45, 7) is 2.18. The zero-order valence-corrected chi connectivity index (χ0v) is 15.4. The summed E-state index contributed by atoms with van der Waals surface area (Å²) in [7, 11) is 0. The molecule has 0 unspecified atom stereocenters. The van der Waals surface area contributed by atoms with Gasteiger partial charge in [-0.05, 0) is 41.2 Å². The molecule has 3 rings (SSSR count). The molecule has 3 heteroatoms. The summed E-state index contributed by atoms with van der Waals surface area (Å²) in [4.78, 5) is 0. The number of aryl methyl sites for hydroxylation is 1. The highest BCUT2D eigenvalue weighted by atomic mass is 19.2. The van der Waals surface area contributed by atoms with E-state index in [9.17, 15) is 13.2 Å². The van der Waals surface area contributed by atoms with Crippen molar-refractivity contribution in [2.45, 2.75) is 39.0 Å². The van der Waals surface area contributed by atoms with E-state index in [2.05, 4.69) is 6.92 Å². The topological polar surface area (TPSA) is 0 Å². The molecule has 0 fully saturated rings. The summed E-state index contributed by atoms with van der Waals surface area (Å²) in [5.41, 5.74) is 2.80. The van der Waals surface area contributed by atoms with Gasteiger partial charge in [0, 0.05) is 5.56 Å². The second-order valence-corrected chi connectivity index (χ2v) is 6.78. The lowest BCUT2D eigenvalue weighted by Gasteiger charge is -2.13. The molecule has 0 bridgehead atoms. The van der Waals surface area contributed by atoms with Gasteiger partial charge >= 0.3 is 0 Å². The average Bonchev–Trinajstić information content (AvgIpc) is 2.70. The van der Waals surface area contributed by atoms with Gasteiger partial charge < -0.3 is 0 Å². The van der Waals surface area contributed by atoms with Crippen LogP contribution in [0.15, 0.2) is 60.7 Å². The summed E-state index contributed by atoms with van der Waals surface area (Å²) in [5.74, 6) is -3.76. The van der Waals surface area contributed by atoms with E-state index in [0.29, 0.717) is 16.7 Å². The van der Waals surface area contributed by atoms with Crippen molar-refractivity contribution in [1.29, 1.82) is 0 Å². The molecule has 0 aromatic heterocycles. The molecule has 0 radical (unpaired) electrons. The zero-order valence-electron chi connectivity index (χ0n) is 15.4. The molecule has 27 heavy (non-hydrogen) atoms. The Morgan fingerprint density at radius 3 is 2.07 bits per heavy atom. The van der Waals surface area contributed by atoms with Crippen LogP contribution in [0.25, 0.3) is 22.3 Å². The van der Waals surface area contributed by atoms with Crippen molar-refractivity contribution in [1.82, 2.24) is 0 Å². The minimum atomic E-state index is -1.44. The summed E-state index contributed by atoms with van der Waals surface area (Å²) in [5, 5.41) is 0. The molecule has 0 amide bonds. The molecule has 0 atom stereocenters. The van der Waals surface area contributed by atoms with Crippen molar-refractivity contribution >= 4 is 0 Å². The third-order valence-electron chi connectivity index (χ3n) is 4.81. The summed E-state index contributed by atoms with van der Waals surface area (Å²) >= 11 is 0. The molecular formula is C24H23F3. The standard InChI is InChI=1S/C24H23F3/c1-2-3-4-6-9-17-12-14-19(15-13-17)22-20(18-10-7-5-8-11-18)16-21(25)23(26)24(22)27/h5,7-8,10-16H,2-4,6,9H2,1H3. The van der Waals surface area contributed by atoms with Gasteiger partial charge in [-0.3, -0.25) is 0 Å². The predicted octanol–water partition coefficient (Wildman–Crippen LogP) is 7.56. The maximum Gasteiger partial charge on any atom is 0.195 e. The normalized spacial score (nSPS) is 11.0. The highest BCUT2D eigenvalue weighted by molar-refractivity contribution is 5.84. The van der Waals surface area contributed by atoms with Gasteiger partial charge in [-0.2, -0.15) is 0 Å². The van der Waals surface area contributed by atoms with Crippen molar-refractivity contribution in [2.75, 3.05) is 0 Å². The van der Waals surface area contributed by atoms with Crippen molar-refractivity contribution in [3.05, 3.63) is 83.7 Å². The zero-order chi connectivity index (χ0) is 19.2. The molecular weight excluding hydrogens is 345 g/mol. The molecule has 0 aliphatic carbocycles. The maximum absolute atomic E-state index is 14.7. The first kappa shape index (κ1) is 19.2. The van der Waals surface area contributed by atoms with Gasteiger partial charge in [-0.25, -0.2) is 13.2 Å². The lowest BCUT2D eigenvalue weighted by molar-refractivity contribution is 0.449. The van der Waals surface area contributed by atoms with Crippen LogP contribution in [0, 0.1) is 17.5 Å². The van der Waals surface area contributed by atoms with Gasteiger partial charge in [-0.1, -0.05) is 80.8 Å². The fourth-order valence-corrected chi connectivity index (χ4v) is 3.32. The second kappa shape index (κ2) is 8.90. The number of unbranched alkanes of at least 4 members (excludes halogenated alkanes) is 3. The quantitative estimate of drug-likeness (QED) is 0.298. The number of benzene rings is 3. The molecule has 0 spiro atoms. The predicted molar refractivity (Wildman–Crippen MR) is 105 cm³/mol. The van der Waals surface area contributed by atoms with E-state index in [1.807, 2.05) is 18.2 Å². The van der Waals surface area contributed by atoms with Gasteiger partial charge in [0.1, 0.15) is 0 Å². The smallest absolute Gasteiger partial charge is 0.195 e. The van der Waals surface area contributed by atoms with Crippen molar-refractivity contribution < 1.29 is 13.2 Å². The highest BCUT2D eigenvalue weighted by Crippen LogP contribution is 2.36. The van der Waals surface area contributed by atoms with Crippen LogP contribution in [-0.2, 0) is 6.42 Å². The van der Waals surface area contributed by atoms with Crippen LogP contribution < -0.4 is 0 Å². The number of rotatable bonds is 7. The maximum atomic E-state index is 14.7. The van der Waals surface area contributed by atoms with Crippen LogP contribution in [0.1, 0.15) is 38.2 Å². The first-order chi connectivity index (χ1) is 13.1. The summed E-state index contributed by atoms with van der Waals surface area (Å²) in [6.07, 6.45) is 5.68. The van der Waals surface area contributed by atoms with E-state index in [-0.39, 0.29) is 5.56 Å². The Labute approximate surface area is 158 Å². The molecule has 0 saturated carbocycles. The van der Waals surface area contributed by atoms with E-state index in [1.165, 1.54) is 24.8 Å². The molecule has 0 N–H and O–H groups in total. The van der Waals surface area contributed by atoms with Gasteiger partial charge in [0.25, 0.3) is 0 Å². The van der Waals surface area contributed by atoms with Gasteiger partial charge in [0.15, 0.2) is 17.5 Å². The number of halogens is 3. The highest BCUT2D eigenvalue weighted by Gasteiger charge is 2.20. The Kier molecular flexibility index (Phi) is 6.33. The Morgan fingerprint density at radius 1 is 0.704 bits per heavy atom. The lowest BCUT2D eigenvalue weighted by Crippen LogP contribution is -1.98. The minimum Gasteiger partial charge on any atom is -0.204 e. The number of hydrogen-bond donors (Lipinski definition) is 0. The fraction of sp³-hybridized carbons (Fsp3) is 0.250. The Bertz CT molecular complexity index is 884. The van der Waals surface area contributed by atoms with Gasteiger partial charge in [0.2, 0.25) is 0 Å². The van der Waals surface area contributed by atoms with E-state index in [0.717, 1.165) is 18.9 Å². The van der Waals surface area contributed by atoms with E-state index >= 15 is 0 Å². The third-order valence-corrected chi connectivity index (χ3v) is 4.81. The summed E-state index contributed by atoms with van der Waals surface area (Å²) < 4.78 is 42.5. The molecule has 0 nitrogen and oxygen atoms in total. The third kappa shape index (κ3) is 4.41. The van der Waals surface area contributed by atoms with E-state index in [4.69, 9.17) is 0 Å². The SMILES string of the molecule is CCCCCCc1ccc(-c2c(-c3ccccc3)cc(F)c(F)c2F)cc1. The van der Waals surface area contributed by atoms with Crippen LogP contribution in [0.4, 0.5) is 13.2 Å². The lowest BCUT2D eigenvalue weighted by atomic mass is 9.92. The van der Waals surface area contributed by atoms with Crippen LogP contribution in [0.5, 0.6) is 0 Å². The molecule has 140 valence electrons. The van der Waals surface area contributed by atoms with Crippen LogP contribution in [-0.4, -0.2) is 0 Å². The Hall–Kier alpha value is -2.55. The van der Waals surface area contributed by atoms with Crippen LogP contribution in [0.2, 0.25) is 0 Å². The van der Waals surface area contributed by atoms with E-state index in [1.54, 1.807) is 36.4 Å². The Morgan fingerprint density at radius 2 is 1.41 bits per heavy atom. The molecule has 3 aromatic carbocycles. The molecule has 0 aliphatic rings. The number of hydrogen-bond acceptors (Lipinski definition) is 0. The fourth-order valence-electron chi connectivity index (χ4n) is 3.32. The van der Waals surface area contributed by atoms with Gasteiger partial charge in [0.05, 0.1) is 0 Å². The molecule has 0 saturated heterocycles. The Balaban J connectivity index is 1.97. The minimum absolute atomic E-state index is 0.0950. The molecule has 0 aliphatic heterocycles. The van der Waals surface area contributed by atoms with Crippen molar-refractivity contribution in [3.8, 4) is 22.3 Å². The second-order valence-electron chi connectivity index (χ2n) is 6.78. The van der Waals surface area contributed by atoms with Crippen molar-refractivity contribution in [3.63, 3.8) is 0 Å². The summed E-state index contributed by atoms with van der Waals surface area (Å²) in [6, 6.07) is 17.5. The monoisotopic (exact) mass is 368 g/mol. The largest absolute Gasteiger partial charge is 0.204 e.